The van der Waals surface area contributed by atoms with E-state index in [1.54, 1.807) is 0 Å². The average molecular weight is 222 g/mol. The molecular weight excluding hydrogens is 208 g/mol. The van der Waals surface area contributed by atoms with Crippen molar-refractivity contribution in [2.24, 2.45) is 0 Å². The van der Waals surface area contributed by atoms with E-state index >= 15 is 0 Å². The number of benzene rings is 2. The van der Waals surface area contributed by atoms with Gasteiger partial charge in [-0.1, -0.05) is 36.4 Å². The van der Waals surface area contributed by atoms with E-state index in [0.717, 1.165) is 6.54 Å². The molecule has 0 amide bonds. The molecule has 0 atom stereocenters. The molecule has 0 fully saturated rings. The highest BCUT2D eigenvalue weighted by Gasteiger charge is 2.23. The van der Waals surface area contributed by atoms with Gasteiger partial charge >= 0.3 is 6.34 Å². The maximum Gasteiger partial charge on any atom is 0.413 e. The van der Waals surface area contributed by atoms with Crippen LogP contribution in [0.5, 0.6) is 0 Å². The van der Waals surface area contributed by atoms with Crippen LogP contribution in [0.1, 0.15) is 0 Å². The minimum Gasteiger partial charge on any atom is -0.132 e. The Morgan fingerprint density at radius 1 is 0.706 bits per heavy atom. The van der Waals surface area contributed by atoms with Gasteiger partial charge in [0.05, 0.1) is 0 Å². The molecule has 17 heavy (non-hydrogen) atoms. The minimum absolute atomic E-state index is 0.916. The lowest BCUT2D eigenvalue weighted by atomic mass is 10.3. The molecule has 0 unspecified atom stereocenters. The van der Waals surface area contributed by atoms with Crippen molar-refractivity contribution in [1.29, 1.82) is 0 Å². The molecule has 0 spiro atoms. The highest BCUT2D eigenvalue weighted by Crippen LogP contribution is 2.14. The summed E-state index contributed by atoms with van der Waals surface area (Å²) in [4.78, 5) is 0. The zero-order valence-electron chi connectivity index (χ0n) is 9.53. The largest absolute Gasteiger partial charge is 0.413 e. The highest BCUT2D eigenvalue weighted by atomic mass is 15.2. The van der Waals surface area contributed by atoms with E-state index in [4.69, 9.17) is 0 Å². The van der Waals surface area contributed by atoms with Gasteiger partial charge in [-0.05, 0) is 0 Å². The van der Waals surface area contributed by atoms with Gasteiger partial charge in [0.2, 0.25) is 24.1 Å². The number of rotatable bonds is 2. The van der Waals surface area contributed by atoms with Crippen LogP contribution < -0.4 is 0 Å². The van der Waals surface area contributed by atoms with Crippen LogP contribution >= 0.6 is 0 Å². The molecule has 2 aromatic carbocycles. The lowest BCUT2D eigenvalue weighted by molar-refractivity contribution is -0.445. The van der Waals surface area contributed by atoms with Crippen LogP contribution in [0.25, 0.3) is 0 Å². The van der Waals surface area contributed by atoms with Gasteiger partial charge in [0.1, 0.15) is 0 Å². The summed E-state index contributed by atoms with van der Waals surface area (Å²) in [5.74, 6) is 0. The van der Waals surface area contributed by atoms with Crippen molar-refractivity contribution in [3.05, 3.63) is 60.7 Å². The molecule has 2 aromatic rings. The smallest absolute Gasteiger partial charge is 0.132 e. The molecule has 3 rings (SSSR count). The molecule has 0 radical (unpaired) electrons. The van der Waals surface area contributed by atoms with Gasteiger partial charge in [0, 0.05) is 24.3 Å². The van der Waals surface area contributed by atoms with Crippen LogP contribution in [0, 0.1) is 0 Å². The van der Waals surface area contributed by atoms with Crippen molar-refractivity contribution in [1.82, 2.24) is 0 Å². The van der Waals surface area contributed by atoms with E-state index in [9.17, 15) is 0 Å². The van der Waals surface area contributed by atoms with E-state index in [1.165, 1.54) is 11.4 Å². The Hall–Kier alpha value is -2.22. The zero-order chi connectivity index (χ0) is 11.5. The van der Waals surface area contributed by atoms with E-state index < -0.39 is 0 Å². The highest BCUT2D eigenvalue weighted by molar-refractivity contribution is 5.67. The number of para-hydroxylation sites is 2. The average Bonchev–Trinajstić information content (AvgIpc) is 2.90. The molecule has 0 aromatic heterocycles. The number of nitrogens with zero attached hydrogens (tertiary/aromatic N) is 2. The molecule has 2 heteroatoms. The molecule has 1 aliphatic rings. The fraction of sp³-hybridized carbons (Fsp3) is 0.0667. The summed E-state index contributed by atoms with van der Waals surface area (Å²) in [6, 6.07) is 20.8. The van der Waals surface area contributed by atoms with Crippen LogP contribution in [0.4, 0.5) is 11.4 Å². The molecule has 82 valence electrons. The lowest BCUT2D eigenvalue weighted by Gasteiger charge is -1.91. The summed E-state index contributed by atoms with van der Waals surface area (Å²) in [5.41, 5.74) is 2.42. The Morgan fingerprint density at radius 2 is 1.29 bits per heavy atom. The topological polar surface area (TPSA) is 6.02 Å². The normalized spacial score (nSPS) is 14.4. The Bertz CT molecular complexity index is 568. The monoisotopic (exact) mass is 222 g/mol. The van der Waals surface area contributed by atoms with Crippen LogP contribution in [-0.2, 0) is 0 Å². The SMILES string of the molecule is C1=[N+](c2ccccc2)C=[N+](c2ccccc2)C1. The quantitative estimate of drug-likeness (QED) is 0.689. The summed E-state index contributed by atoms with van der Waals surface area (Å²) in [7, 11) is 0. The molecule has 0 saturated carbocycles. The molecule has 1 aliphatic heterocycles. The van der Waals surface area contributed by atoms with Crippen molar-refractivity contribution in [2.75, 3.05) is 6.54 Å². The summed E-state index contributed by atoms with van der Waals surface area (Å²) < 4.78 is 4.39. The second-order valence-corrected chi connectivity index (χ2v) is 4.03. The second-order valence-electron chi connectivity index (χ2n) is 4.03. The van der Waals surface area contributed by atoms with Gasteiger partial charge in [-0.25, -0.2) is 0 Å². The molecule has 0 N–H and O–H groups in total. The van der Waals surface area contributed by atoms with E-state index in [1.807, 2.05) is 12.1 Å². The fourth-order valence-electron chi connectivity index (χ4n) is 1.98. The zero-order valence-corrected chi connectivity index (χ0v) is 9.53. The van der Waals surface area contributed by atoms with Crippen molar-refractivity contribution < 1.29 is 9.15 Å². The first-order chi connectivity index (χ1) is 8.43. The number of hydrogen-bond donors (Lipinski definition) is 0. The van der Waals surface area contributed by atoms with Gasteiger partial charge in [0.15, 0.2) is 0 Å². The molecule has 0 saturated heterocycles. The van der Waals surface area contributed by atoms with Crippen molar-refractivity contribution >= 4 is 23.9 Å². The molecule has 0 bridgehead atoms. The van der Waals surface area contributed by atoms with Gasteiger partial charge in [-0.2, -0.15) is 0 Å². The first-order valence-corrected chi connectivity index (χ1v) is 5.77. The van der Waals surface area contributed by atoms with Gasteiger partial charge in [0.25, 0.3) is 0 Å². The van der Waals surface area contributed by atoms with Crippen LogP contribution in [0.3, 0.4) is 0 Å². The Morgan fingerprint density at radius 3 is 1.94 bits per heavy atom. The maximum atomic E-state index is 2.23. The van der Waals surface area contributed by atoms with Gasteiger partial charge in [-0.3, -0.25) is 0 Å². The summed E-state index contributed by atoms with van der Waals surface area (Å²) in [6.07, 6.45) is 4.31. The van der Waals surface area contributed by atoms with Crippen molar-refractivity contribution in [2.45, 2.75) is 0 Å². The van der Waals surface area contributed by atoms with Crippen molar-refractivity contribution in [3.63, 3.8) is 0 Å². The Balaban J connectivity index is 1.91. The van der Waals surface area contributed by atoms with E-state index in [-0.39, 0.29) is 0 Å². The lowest BCUT2D eigenvalue weighted by Crippen LogP contribution is -2.04. The summed E-state index contributed by atoms with van der Waals surface area (Å²) >= 11 is 0. The van der Waals surface area contributed by atoms with E-state index in [2.05, 4.69) is 70.2 Å². The molecular formula is C15H14N2+2. The maximum absolute atomic E-state index is 2.23. The van der Waals surface area contributed by atoms with Crippen LogP contribution in [0.15, 0.2) is 60.7 Å². The predicted molar refractivity (Wildman–Crippen MR) is 69.7 cm³/mol. The van der Waals surface area contributed by atoms with Crippen molar-refractivity contribution in [3.8, 4) is 0 Å². The molecule has 0 aliphatic carbocycles. The molecule has 1 heterocycles. The van der Waals surface area contributed by atoms with Gasteiger partial charge in [-0.15, -0.1) is 9.15 Å². The second kappa shape index (κ2) is 4.34. The minimum atomic E-state index is 0.916. The molecule has 2 nitrogen and oxygen atoms in total. The first-order valence-electron chi connectivity index (χ1n) is 5.77. The standard InChI is InChI=1S/C15H14N2/c1-3-7-14(8-4-1)16-11-12-17(13-16)15-9-5-2-6-10-15/h1-11,13H,12H2/q+2. The third-order valence-electron chi connectivity index (χ3n) is 2.88. The van der Waals surface area contributed by atoms with Gasteiger partial charge < -0.3 is 0 Å². The van der Waals surface area contributed by atoms with Crippen LogP contribution in [-0.4, -0.2) is 28.2 Å². The number of hydrogen-bond acceptors (Lipinski definition) is 0. The Kier molecular flexibility index (Phi) is 2.54. The third-order valence-corrected chi connectivity index (χ3v) is 2.88. The first kappa shape index (κ1) is 9.97. The van der Waals surface area contributed by atoms with Crippen LogP contribution in [0.2, 0.25) is 0 Å². The Labute approximate surface area is 101 Å². The predicted octanol–water partition coefficient (Wildman–Crippen LogP) is 2.79. The third kappa shape index (κ3) is 2.02. The fourth-order valence-corrected chi connectivity index (χ4v) is 1.98. The van der Waals surface area contributed by atoms with E-state index in [0.29, 0.717) is 0 Å². The summed E-state index contributed by atoms with van der Waals surface area (Å²) in [6.45, 7) is 0.916. The summed E-state index contributed by atoms with van der Waals surface area (Å²) in [5, 5.41) is 0.